The van der Waals surface area contributed by atoms with Crippen molar-refractivity contribution in [2.75, 3.05) is 0 Å². The zero-order valence-electron chi connectivity index (χ0n) is 7.57. The van der Waals surface area contributed by atoms with Gasteiger partial charge in [0, 0.05) is 0 Å². The summed E-state index contributed by atoms with van der Waals surface area (Å²) >= 11 is 0. The number of primary amides is 1. The van der Waals surface area contributed by atoms with Crippen molar-refractivity contribution in [1.29, 1.82) is 5.26 Å². The third-order valence-electron chi connectivity index (χ3n) is 2.76. The van der Waals surface area contributed by atoms with Gasteiger partial charge in [-0.05, 0) is 25.2 Å². The number of nitrogens with zero attached hydrogens (tertiary/aromatic N) is 1. The van der Waals surface area contributed by atoms with Gasteiger partial charge in [-0.2, -0.15) is 5.26 Å². The molecular weight excluding hydrogens is 166 g/mol. The van der Waals surface area contributed by atoms with E-state index in [1.54, 1.807) is 0 Å². The van der Waals surface area contributed by atoms with E-state index in [0.29, 0.717) is 12.3 Å². The lowest BCUT2D eigenvalue weighted by Crippen LogP contribution is -2.39. The summed E-state index contributed by atoms with van der Waals surface area (Å²) in [5.74, 6) is -0.161. The lowest BCUT2D eigenvalue weighted by atomic mass is 9.74. The zero-order chi connectivity index (χ0) is 9.84. The highest BCUT2D eigenvalue weighted by Gasteiger charge is 2.29. The summed E-state index contributed by atoms with van der Waals surface area (Å²) in [6, 6.07) is 1.54. The average Bonchev–Trinajstić information content (AvgIpc) is 1.99. The maximum atomic E-state index is 10.7. The van der Waals surface area contributed by atoms with Crippen molar-refractivity contribution < 1.29 is 4.79 Å². The number of nitriles is 1. The summed E-state index contributed by atoms with van der Waals surface area (Å²) in [6.07, 6.45) is 3.78. The highest BCUT2D eigenvalue weighted by atomic mass is 16.1. The minimum absolute atomic E-state index is 0.0868. The van der Waals surface area contributed by atoms with Gasteiger partial charge < -0.3 is 11.5 Å². The second-order valence-electron chi connectivity index (χ2n) is 3.67. The molecule has 0 bridgehead atoms. The van der Waals surface area contributed by atoms with E-state index in [0.717, 1.165) is 12.8 Å². The second kappa shape index (κ2) is 4.24. The minimum Gasteiger partial charge on any atom is -0.368 e. The molecule has 2 unspecified atom stereocenters. The zero-order valence-corrected chi connectivity index (χ0v) is 7.57. The molecular formula is C9H15N3O. The smallest absolute Gasteiger partial charge is 0.234 e. The number of nitrogens with two attached hydrogens (primary N) is 2. The quantitative estimate of drug-likeness (QED) is 0.645. The van der Waals surface area contributed by atoms with Crippen LogP contribution in [-0.2, 0) is 4.79 Å². The molecule has 1 aliphatic rings. The molecule has 0 spiro atoms. The Morgan fingerprint density at radius 1 is 1.62 bits per heavy atom. The molecule has 0 saturated heterocycles. The molecule has 0 aromatic carbocycles. The number of amides is 1. The van der Waals surface area contributed by atoms with Gasteiger partial charge in [-0.1, -0.05) is 6.42 Å². The molecule has 0 aromatic rings. The molecule has 0 radical (unpaired) electrons. The maximum Gasteiger partial charge on any atom is 0.234 e. The molecule has 1 saturated carbocycles. The van der Waals surface area contributed by atoms with Gasteiger partial charge in [-0.3, -0.25) is 4.79 Å². The van der Waals surface area contributed by atoms with Crippen molar-refractivity contribution >= 4 is 5.91 Å². The van der Waals surface area contributed by atoms with E-state index in [1.807, 2.05) is 0 Å². The first-order valence-electron chi connectivity index (χ1n) is 4.59. The Labute approximate surface area is 77.9 Å². The first-order chi connectivity index (χ1) is 6.15. The standard InChI is InChI=1S/C9H15N3O/c10-5-7(6-2-1-3-6)4-8(11)9(12)13/h6-8H,1-4,11H2,(H2,12,13). The van der Waals surface area contributed by atoms with Crippen LogP contribution in [0.2, 0.25) is 0 Å². The van der Waals surface area contributed by atoms with Crippen LogP contribution in [0, 0.1) is 23.2 Å². The van der Waals surface area contributed by atoms with Crippen LogP contribution in [0.5, 0.6) is 0 Å². The number of hydrogen-bond donors (Lipinski definition) is 2. The summed E-state index contributed by atoms with van der Waals surface area (Å²) in [4.78, 5) is 10.7. The van der Waals surface area contributed by atoms with E-state index in [1.165, 1.54) is 6.42 Å². The van der Waals surface area contributed by atoms with E-state index < -0.39 is 11.9 Å². The Morgan fingerprint density at radius 3 is 2.54 bits per heavy atom. The van der Waals surface area contributed by atoms with Gasteiger partial charge in [0.15, 0.2) is 0 Å². The van der Waals surface area contributed by atoms with E-state index in [9.17, 15) is 4.79 Å². The third kappa shape index (κ3) is 2.43. The fourth-order valence-corrected chi connectivity index (χ4v) is 1.58. The Hall–Kier alpha value is -1.08. The normalized spacial score (nSPS) is 21.2. The predicted molar refractivity (Wildman–Crippen MR) is 48.2 cm³/mol. The molecule has 0 heterocycles. The van der Waals surface area contributed by atoms with Crippen molar-refractivity contribution in [2.24, 2.45) is 23.3 Å². The van der Waals surface area contributed by atoms with Crippen LogP contribution in [0.15, 0.2) is 0 Å². The third-order valence-corrected chi connectivity index (χ3v) is 2.76. The van der Waals surface area contributed by atoms with Crippen molar-refractivity contribution in [3.8, 4) is 6.07 Å². The Morgan fingerprint density at radius 2 is 2.23 bits per heavy atom. The van der Waals surface area contributed by atoms with E-state index >= 15 is 0 Å². The van der Waals surface area contributed by atoms with Crippen LogP contribution in [0.4, 0.5) is 0 Å². The molecule has 1 amide bonds. The Bertz CT molecular complexity index is 230. The summed E-state index contributed by atoms with van der Waals surface area (Å²) in [5, 5.41) is 8.83. The van der Waals surface area contributed by atoms with Gasteiger partial charge in [0.2, 0.25) is 5.91 Å². The highest BCUT2D eigenvalue weighted by Crippen LogP contribution is 2.35. The Kier molecular flexibility index (Phi) is 3.26. The van der Waals surface area contributed by atoms with Gasteiger partial charge in [0.1, 0.15) is 0 Å². The fourth-order valence-electron chi connectivity index (χ4n) is 1.58. The summed E-state index contributed by atoms with van der Waals surface area (Å²) in [6.45, 7) is 0. The van der Waals surface area contributed by atoms with Gasteiger partial charge in [-0.25, -0.2) is 0 Å². The van der Waals surface area contributed by atoms with Gasteiger partial charge in [0.05, 0.1) is 18.0 Å². The number of carbonyl (C=O) groups is 1. The minimum atomic E-state index is -0.662. The predicted octanol–water partition coefficient (Wildman–Crippen LogP) is 0.129. The summed E-state index contributed by atoms with van der Waals surface area (Å²) in [7, 11) is 0. The van der Waals surface area contributed by atoms with Crippen molar-refractivity contribution in [1.82, 2.24) is 0 Å². The van der Waals surface area contributed by atoms with Crippen molar-refractivity contribution in [3.05, 3.63) is 0 Å². The maximum absolute atomic E-state index is 10.7. The lowest BCUT2D eigenvalue weighted by Gasteiger charge is -2.30. The van der Waals surface area contributed by atoms with E-state index in [2.05, 4.69) is 6.07 Å². The monoisotopic (exact) mass is 181 g/mol. The second-order valence-corrected chi connectivity index (χ2v) is 3.67. The fraction of sp³-hybridized carbons (Fsp3) is 0.778. The molecule has 0 aliphatic heterocycles. The molecule has 2 atom stereocenters. The summed E-state index contributed by atoms with van der Waals surface area (Å²) in [5.41, 5.74) is 10.5. The molecule has 72 valence electrons. The molecule has 1 aliphatic carbocycles. The van der Waals surface area contributed by atoms with Crippen LogP contribution in [0.3, 0.4) is 0 Å². The van der Waals surface area contributed by atoms with Crippen LogP contribution in [0.1, 0.15) is 25.7 Å². The SMILES string of the molecule is N#CC(CC(N)C(N)=O)C1CCC1. The summed E-state index contributed by atoms with van der Waals surface area (Å²) < 4.78 is 0. The first kappa shape index (κ1) is 10.0. The molecule has 4 nitrogen and oxygen atoms in total. The molecule has 1 rings (SSSR count). The topological polar surface area (TPSA) is 92.9 Å². The first-order valence-corrected chi connectivity index (χ1v) is 4.59. The average molecular weight is 181 g/mol. The van der Waals surface area contributed by atoms with E-state index in [4.69, 9.17) is 16.7 Å². The lowest BCUT2D eigenvalue weighted by molar-refractivity contribution is -0.119. The largest absolute Gasteiger partial charge is 0.368 e. The van der Waals surface area contributed by atoms with Gasteiger partial charge >= 0.3 is 0 Å². The van der Waals surface area contributed by atoms with Crippen LogP contribution < -0.4 is 11.5 Å². The highest BCUT2D eigenvalue weighted by molar-refractivity contribution is 5.79. The van der Waals surface area contributed by atoms with Crippen LogP contribution in [0.25, 0.3) is 0 Å². The molecule has 1 fully saturated rings. The molecule has 13 heavy (non-hydrogen) atoms. The molecule has 4 N–H and O–H groups in total. The van der Waals surface area contributed by atoms with Crippen molar-refractivity contribution in [2.45, 2.75) is 31.7 Å². The van der Waals surface area contributed by atoms with Crippen molar-refractivity contribution in [3.63, 3.8) is 0 Å². The van der Waals surface area contributed by atoms with Gasteiger partial charge in [-0.15, -0.1) is 0 Å². The van der Waals surface area contributed by atoms with Crippen LogP contribution >= 0.6 is 0 Å². The number of rotatable bonds is 4. The van der Waals surface area contributed by atoms with Crippen LogP contribution in [-0.4, -0.2) is 11.9 Å². The molecule has 0 aromatic heterocycles. The number of hydrogen-bond acceptors (Lipinski definition) is 3. The molecule has 4 heteroatoms. The van der Waals surface area contributed by atoms with E-state index in [-0.39, 0.29) is 5.92 Å². The number of carbonyl (C=O) groups excluding carboxylic acids is 1. The Balaban J connectivity index is 2.40. The van der Waals surface area contributed by atoms with Gasteiger partial charge in [0.25, 0.3) is 0 Å².